The van der Waals surface area contributed by atoms with Crippen molar-refractivity contribution in [2.24, 2.45) is 11.7 Å². The largest absolute Gasteiger partial charge is 0.480 e. The fourth-order valence-electron chi connectivity index (χ4n) is 2.38. The van der Waals surface area contributed by atoms with Gasteiger partial charge in [0.1, 0.15) is 6.04 Å². The molecule has 0 radical (unpaired) electrons. The predicted molar refractivity (Wildman–Crippen MR) is 51.4 cm³/mol. The zero-order chi connectivity index (χ0) is 10.1. The van der Waals surface area contributed by atoms with Crippen LogP contribution in [0.25, 0.3) is 0 Å². The number of carboxylic acid groups (broad SMARTS) is 1. The molecule has 2 aliphatic rings. The van der Waals surface area contributed by atoms with Crippen molar-refractivity contribution in [2.75, 3.05) is 13.1 Å². The minimum atomic E-state index is -0.747. The molecule has 0 aromatic carbocycles. The van der Waals surface area contributed by atoms with Crippen LogP contribution >= 0.6 is 0 Å². The first kappa shape index (κ1) is 9.89. The smallest absolute Gasteiger partial charge is 0.322 e. The normalized spacial score (nSPS) is 38.2. The second-order valence-electron chi connectivity index (χ2n) is 4.24. The van der Waals surface area contributed by atoms with E-state index < -0.39 is 12.0 Å². The molecule has 2 heterocycles. The van der Waals surface area contributed by atoms with Crippen LogP contribution in [0.4, 0.5) is 0 Å². The second-order valence-corrected chi connectivity index (χ2v) is 4.24. The van der Waals surface area contributed by atoms with Crippen molar-refractivity contribution in [3.05, 3.63) is 0 Å². The molecule has 5 nitrogen and oxygen atoms in total. The van der Waals surface area contributed by atoms with Gasteiger partial charge in [-0.05, 0) is 31.7 Å². The maximum absolute atomic E-state index is 10.8. The van der Waals surface area contributed by atoms with Gasteiger partial charge in [-0.25, -0.2) is 10.4 Å². The van der Waals surface area contributed by atoms with Gasteiger partial charge in [0.2, 0.25) is 0 Å². The Balaban J connectivity index is 1.95. The third-order valence-electron chi connectivity index (χ3n) is 3.26. The van der Waals surface area contributed by atoms with E-state index in [-0.39, 0.29) is 0 Å². The lowest BCUT2D eigenvalue weighted by molar-refractivity contribution is -0.139. The highest BCUT2D eigenvalue weighted by Crippen LogP contribution is 2.27. The van der Waals surface area contributed by atoms with Gasteiger partial charge in [-0.3, -0.25) is 4.79 Å². The summed E-state index contributed by atoms with van der Waals surface area (Å²) >= 11 is 0. The van der Waals surface area contributed by atoms with Crippen molar-refractivity contribution in [3.8, 4) is 0 Å². The number of nitrogens with one attached hydrogen (secondary N) is 1. The Bertz CT molecular complexity index is 234. The molecule has 0 spiro atoms. The standard InChI is InChI=1S/C9H17N3O2/c10-4-6-1-2-7-3-8(9(13)14)11-12(7)5-6/h6-8,11H,1-5,10H2,(H,13,14). The number of rotatable bonds is 2. The SMILES string of the molecule is NCC1CCC2CC(C(=O)O)NN2C1. The summed E-state index contributed by atoms with van der Waals surface area (Å²) < 4.78 is 0. The van der Waals surface area contributed by atoms with Gasteiger partial charge in [0.25, 0.3) is 0 Å². The molecule has 3 unspecified atom stereocenters. The lowest BCUT2D eigenvalue weighted by atomic mass is 9.93. The minimum Gasteiger partial charge on any atom is -0.480 e. The first-order valence-electron chi connectivity index (χ1n) is 5.16. The van der Waals surface area contributed by atoms with E-state index in [0.29, 0.717) is 18.5 Å². The summed E-state index contributed by atoms with van der Waals surface area (Å²) in [4.78, 5) is 10.8. The topological polar surface area (TPSA) is 78.6 Å². The van der Waals surface area contributed by atoms with Crippen LogP contribution in [0.1, 0.15) is 19.3 Å². The Morgan fingerprint density at radius 2 is 2.36 bits per heavy atom. The van der Waals surface area contributed by atoms with Crippen molar-refractivity contribution in [1.29, 1.82) is 0 Å². The lowest BCUT2D eigenvalue weighted by Crippen LogP contribution is -2.48. The van der Waals surface area contributed by atoms with Crippen molar-refractivity contribution in [1.82, 2.24) is 10.4 Å². The molecule has 2 rings (SSSR count). The molecule has 5 heteroatoms. The molecule has 0 saturated carbocycles. The third-order valence-corrected chi connectivity index (χ3v) is 3.26. The summed E-state index contributed by atoms with van der Waals surface area (Å²) in [7, 11) is 0. The number of piperidine rings is 1. The molecule has 0 amide bonds. The van der Waals surface area contributed by atoms with Crippen LogP contribution in [0.2, 0.25) is 0 Å². The highest BCUT2D eigenvalue weighted by Gasteiger charge is 2.38. The average Bonchev–Trinajstić information content (AvgIpc) is 2.59. The number of fused-ring (bicyclic) bond motifs is 1. The molecule has 0 bridgehead atoms. The predicted octanol–water partition coefficient (Wildman–Crippen LogP) is -0.613. The summed E-state index contributed by atoms with van der Waals surface area (Å²) in [5.41, 5.74) is 8.64. The number of aliphatic carboxylic acids is 1. The van der Waals surface area contributed by atoms with E-state index in [4.69, 9.17) is 10.8 Å². The van der Waals surface area contributed by atoms with E-state index in [0.717, 1.165) is 25.8 Å². The quantitative estimate of drug-likeness (QED) is 0.553. The van der Waals surface area contributed by atoms with Gasteiger partial charge >= 0.3 is 5.97 Å². The van der Waals surface area contributed by atoms with Crippen molar-refractivity contribution >= 4 is 5.97 Å². The maximum atomic E-state index is 10.8. The van der Waals surface area contributed by atoms with Crippen LogP contribution in [0, 0.1) is 5.92 Å². The number of nitrogens with two attached hydrogens (primary N) is 1. The molecular formula is C9H17N3O2. The average molecular weight is 199 g/mol. The molecule has 2 fully saturated rings. The number of hydrazine groups is 1. The maximum Gasteiger partial charge on any atom is 0.322 e. The van der Waals surface area contributed by atoms with Crippen molar-refractivity contribution in [3.63, 3.8) is 0 Å². The molecule has 3 atom stereocenters. The van der Waals surface area contributed by atoms with Gasteiger partial charge in [-0.1, -0.05) is 0 Å². The van der Waals surface area contributed by atoms with Gasteiger partial charge < -0.3 is 10.8 Å². The van der Waals surface area contributed by atoms with E-state index in [1.54, 1.807) is 0 Å². The van der Waals surface area contributed by atoms with E-state index in [2.05, 4.69) is 10.4 Å². The van der Waals surface area contributed by atoms with Crippen molar-refractivity contribution < 1.29 is 9.90 Å². The van der Waals surface area contributed by atoms with Gasteiger partial charge in [0.05, 0.1) is 0 Å². The van der Waals surface area contributed by atoms with Gasteiger partial charge in [0.15, 0.2) is 0 Å². The van der Waals surface area contributed by atoms with E-state index in [9.17, 15) is 4.79 Å². The highest BCUT2D eigenvalue weighted by atomic mass is 16.4. The Hall–Kier alpha value is -0.650. The van der Waals surface area contributed by atoms with Crippen LogP contribution in [0.15, 0.2) is 0 Å². The number of hydrogen-bond donors (Lipinski definition) is 3. The molecule has 4 N–H and O–H groups in total. The number of hydrogen-bond acceptors (Lipinski definition) is 4. The number of carbonyl (C=O) groups is 1. The van der Waals surface area contributed by atoms with Crippen molar-refractivity contribution in [2.45, 2.75) is 31.3 Å². The fraction of sp³-hybridized carbons (Fsp3) is 0.889. The molecule has 14 heavy (non-hydrogen) atoms. The Labute approximate surface area is 83.2 Å². The summed E-state index contributed by atoms with van der Waals surface area (Å²) in [5.74, 6) is -0.227. The van der Waals surface area contributed by atoms with Gasteiger partial charge in [0, 0.05) is 12.6 Å². The van der Waals surface area contributed by atoms with E-state index in [1.807, 2.05) is 0 Å². The first-order valence-corrected chi connectivity index (χ1v) is 5.16. The van der Waals surface area contributed by atoms with Crippen LogP contribution in [0.5, 0.6) is 0 Å². The van der Waals surface area contributed by atoms with Crippen LogP contribution in [-0.2, 0) is 4.79 Å². The third kappa shape index (κ3) is 1.75. The molecule has 0 aromatic rings. The summed E-state index contributed by atoms with van der Waals surface area (Å²) in [6.45, 7) is 1.59. The Kier molecular flexibility index (Phi) is 2.71. The molecule has 80 valence electrons. The molecule has 2 aliphatic heterocycles. The van der Waals surface area contributed by atoms with Crippen LogP contribution in [-0.4, -0.2) is 41.3 Å². The second kappa shape index (κ2) is 3.84. The summed E-state index contributed by atoms with van der Waals surface area (Å²) in [6, 6.07) is 0.00965. The fourth-order valence-corrected chi connectivity index (χ4v) is 2.38. The van der Waals surface area contributed by atoms with Gasteiger partial charge in [-0.15, -0.1) is 0 Å². The van der Waals surface area contributed by atoms with Crippen LogP contribution < -0.4 is 11.2 Å². The molecule has 2 saturated heterocycles. The minimum absolute atomic E-state index is 0.392. The van der Waals surface area contributed by atoms with E-state index in [1.165, 1.54) is 0 Å². The monoisotopic (exact) mass is 199 g/mol. The summed E-state index contributed by atoms with van der Waals surface area (Å²) in [5, 5.41) is 10.9. The molecule has 0 aromatic heterocycles. The summed E-state index contributed by atoms with van der Waals surface area (Å²) in [6.07, 6.45) is 2.93. The number of carboxylic acids is 1. The highest BCUT2D eigenvalue weighted by molar-refractivity contribution is 5.73. The zero-order valence-electron chi connectivity index (χ0n) is 8.15. The van der Waals surface area contributed by atoms with E-state index >= 15 is 0 Å². The lowest BCUT2D eigenvalue weighted by Gasteiger charge is -2.33. The van der Waals surface area contributed by atoms with Gasteiger partial charge in [-0.2, -0.15) is 0 Å². The Morgan fingerprint density at radius 3 is 3.00 bits per heavy atom. The number of nitrogens with zero attached hydrogens (tertiary/aromatic N) is 1. The first-order chi connectivity index (χ1) is 6.70. The van der Waals surface area contributed by atoms with Crippen LogP contribution in [0.3, 0.4) is 0 Å². The zero-order valence-corrected chi connectivity index (χ0v) is 8.15. The molecular weight excluding hydrogens is 182 g/mol. The molecule has 0 aliphatic carbocycles. The Morgan fingerprint density at radius 1 is 1.57 bits per heavy atom.